The normalized spacial score (nSPS) is 17.4. The molecular formula is C14H23N3. The Bertz CT molecular complexity index is 326. The molecule has 1 fully saturated rings. The van der Waals surface area contributed by atoms with E-state index >= 15 is 0 Å². The van der Waals surface area contributed by atoms with E-state index in [9.17, 15) is 0 Å². The van der Waals surface area contributed by atoms with Gasteiger partial charge in [0.25, 0.3) is 0 Å². The van der Waals surface area contributed by atoms with Crippen LogP contribution in [0.3, 0.4) is 0 Å². The van der Waals surface area contributed by atoms with Crippen LogP contribution >= 0.6 is 0 Å². The van der Waals surface area contributed by atoms with Crippen molar-refractivity contribution in [3.8, 4) is 0 Å². The highest BCUT2D eigenvalue weighted by Crippen LogP contribution is 2.17. The third-order valence-corrected chi connectivity index (χ3v) is 3.55. The van der Waals surface area contributed by atoms with Gasteiger partial charge >= 0.3 is 0 Å². The monoisotopic (exact) mass is 233 g/mol. The number of nitrogens with two attached hydrogens (primary N) is 1. The molecule has 1 aromatic rings. The molecular weight excluding hydrogens is 210 g/mol. The number of hydrogen-bond acceptors (Lipinski definition) is 3. The predicted octanol–water partition coefficient (Wildman–Crippen LogP) is 1.33. The molecule has 0 aromatic heterocycles. The fraction of sp³-hybridized carbons (Fsp3) is 0.571. The van der Waals surface area contributed by atoms with E-state index in [0.29, 0.717) is 0 Å². The number of piperazine rings is 1. The standard InChI is InChI=1S/C14H23N3/c1-2-16-9-11-17(12-10-16)14-5-3-13(4-6-14)7-8-15/h3-6H,2,7-12,15H2,1H3. The molecule has 0 spiro atoms. The molecule has 3 nitrogen and oxygen atoms in total. The minimum atomic E-state index is 0.731. The summed E-state index contributed by atoms with van der Waals surface area (Å²) < 4.78 is 0. The van der Waals surface area contributed by atoms with Crippen molar-refractivity contribution in [3.05, 3.63) is 29.8 Å². The number of likely N-dealkylation sites (N-methyl/N-ethyl adjacent to an activating group) is 1. The Morgan fingerprint density at radius 1 is 1.06 bits per heavy atom. The van der Waals surface area contributed by atoms with Crippen molar-refractivity contribution in [3.63, 3.8) is 0 Å². The van der Waals surface area contributed by atoms with E-state index in [4.69, 9.17) is 5.73 Å². The van der Waals surface area contributed by atoms with Crippen LogP contribution in [0.1, 0.15) is 12.5 Å². The fourth-order valence-electron chi connectivity index (χ4n) is 2.36. The van der Waals surface area contributed by atoms with E-state index in [1.807, 2.05) is 0 Å². The lowest BCUT2D eigenvalue weighted by Gasteiger charge is -2.35. The minimum Gasteiger partial charge on any atom is -0.369 e. The zero-order valence-electron chi connectivity index (χ0n) is 10.7. The first-order valence-electron chi connectivity index (χ1n) is 6.60. The van der Waals surface area contributed by atoms with Gasteiger partial charge in [0.15, 0.2) is 0 Å². The van der Waals surface area contributed by atoms with Gasteiger partial charge in [-0.05, 0) is 37.2 Å². The highest BCUT2D eigenvalue weighted by molar-refractivity contribution is 5.48. The first-order chi connectivity index (χ1) is 8.33. The quantitative estimate of drug-likeness (QED) is 0.851. The van der Waals surface area contributed by atoms with Crippen molar-refractivity contribution in [2.45, 2.75) is 13.3 Å². The Morgan fingerprint density at radius 3 is 2.24 bits per heavy atom. The number of anilines is 1. The van der Waals surface area contributed by atoms with Gasteiger partial charge in [0.2, 0.25) is 0 Å². The second-order valence-electron chi connectivity index (χ2n) is 4.63. The summed E-state index contributed by atoms with van der Waals surface area (Å²) in [6.07, 6.45) is 0.976. The molecule has 17 heavy (non-hydrogen) atoms. The van der Waals surface area contributed by atoms with Crippen molar-refractivity contribution in [2.24, 2.45) is 5.73 Å². The maximum atomic E-state index is 5.56. The lowest BCUT2D eigenvalue weighted by molar-refractivity contribution is 0.271. The van der Waals surface area contributed by atoms with E-state index in [1.54, 1.807) is 0 Å². The highest BCUT2D eigenvalue weighted by Gasteiger charge is 2.15. The molecule has 1 aliphatic heterocycles. The van der Waals surface area contributed by atoms with E-state index in [1.165, 1.54) is 30.9 Å². The summed E-state index contributed by atoms with van der Waals surface area (Å²) in [5, 5.41) is 0. The van der Waals surface area contributed by atoms with E-state index < -0.39 is 0 Å². The Morgan fingerprint density at radius 2 is 1.71 bits per heavy atom. The zero-order valence-corrected chi connectivity index (χ0v) is 10.7. The molecule has 2 N–H and O–H groups in total. The van der Waals surface area contributed by atoms with Gasteiger partial charge in [-0.3, -0.25) is 0 Å². The van der Waals surface area contributed by atoms with Gasteiger partial charge in [0, 0.05) is 31.9 Å². The summed E-state index contributed by atoms with van der Waals surface area (Å²) in [7, 11) is 0. The largest absolute Gasteiger partial charge is 0.369 e. The van der Waals surface area contributed by atoms with Crippen LogP contribution in [0.4, 0.5) is 5.69 Å². The molecule has 0 unspecified atom stereocenters. The lowest BCUT2D eigenvalue weighted by Crippen LogP contribution is -2.46. The maximum absolute atomic E-state index is 5.56. The van der Waals surface area contributed by atoms with Crippen molar-refractivity contribution in [2.75, 3.05) is 44.2 Å². The molecule has 2 rings (SSSR count). The van der Waals surface area contributed by atoms with Gasteiger partial charge in [-0.1, -0.05) is 19.1 Å². The van der Waals surface area contributed by atoms with Gasteiger partial charge in [0.1, 0.15) is 0 Å². The molecule has 1 aromatic carbocycles. The molecule has 0 radical (unpaired) electrons. The second kappa shape index (κ2) is 6.03. The summed E-state index contributed by atoms with van der Waals surface area (Å²) in [6.45, 7) is 8.78. The summed E-state index contributed by atoms with van der Waals surface area (Å²) in [5.41, 5.74) is 8.24. The number of nitrogens with zero attached hydrogens (tertiary/aromatic N) is 2. The molecule has 1 saturated heterocycles. The third kappa shape index (κ3) is 3.20. The molecule has 94 valence electrons. The van der Waals surface area contributed by atoms with Crippen LogP contribution in [-0.2, 0) is 6.42 Å². The SMILES string of the molecule is CCN1CCN(c2ccc(CCN)cc2)CC1. The number of rotatable bonds is 4. The molecule has 0 atom stereocenters. The topological polar surface area (TPSA) is 32.5 Å². The molecule has 1 aliphatic rings. The molecule has 0 saturated carbocycles. The van der Waals surface area contributed by atoms with Gasteiger partial charge in [-0.25, -0.2) is 0 Å². The zero-order chi connectivity index (χ0) is 12.1. The molecule has 1 heterocycles. The number of benzene rings is 1. The summed E-state index contributed by atoms with van der Waals surface area (Å²) in [5.74, 6) is 0. The predicted molar refractivity (Wildman–Crippen MR) is 73.5 cm³/mol. The van der Waals surface area contributed by atoms with E-state index in [-0.39, 0.29) is 0 Å². The average Bonchev–Trinajstić information content (AvgIpc) is 2.40. The van der Waals surface area contributed by atoms with Crippen LogP contribution in [0.2, 0.25) is 0 Å². The van der Waals surface area contributed by atoms with Crippen molar-refractivity contribution >= 4 is 5.69 Å². The van der Waals surface area contributed by atoms with Crippen LogP contribution in [-0.4, -0.2) is 44.2 Å². The minimum absolute atomic E-state index is 0.731. The van der Waals surface area contributed by atoms with Gasteiger partial charge in [0.05, 0.1) is 0 Å². The molecule has 0 amide bonds. The Kier molecular flexibility index (Phi) is 4.40. The molecule has 3 heteroatoms. The van der Waals surface area contributed by atoms with Crippen LogP contribution < -0.4 is 10.6 Å². The maximum Gasteiger partial charge on any atom is 0.0367 e. The first-order valence-corrected chi connectivity index (χ1v) is 6.60. The van der Waals surface area contributed by atoms with Crippen LogP contribution in [0.15, 0.2) is 24.3 Å². The van der Waals surface area contributed by atoms with Gasteiger partial charge in [-0.15, -0.1) is 0 Å². The Hall–Kier alpha value is -1.06. The van der Waals surface area contributed by atoms with Crippen molar-refractivity contribution in [1.82, 2.24) is 4.90 Å². The third-order valence-electron chi connectivity index (χ3n) is 3.55. The van der Waals surface area contributed by atoms with Crippen molar-refractivity contribution < 1.29 is 0 Å². The van der Waals surface area contributed by atoms with Crippen LogP contribution in [0, 0.1) is 0 Å². The average molecular weight is 233 g/mol. The summed E-state index contributed by atoms with van der Waals surface area (Å²) >= 11 is 0. The van der Waals surface area contributed by atoms with Crippen molar-refractivity contribution in [1.29, 1.82) is 0 Å². The Labute approximate surface area is 104 Å². The summed E-state index contributed by atoms with van der Waals surface area (Å²) in [6, 6.07) is 8.86. The summed E-state index contributed by atoms with van der Waals surface area (Å²) in [4.78, 5) is 4.97. The lowest BCUT2D eigenvalue weighted by atomic mass is 10.1. The highest BCUT2D eigenvalue weighted by atomic mass is 15.3. The van der Waals surface area contributed by atoms with Gasteiger partial charge in [-0.2, -0.15) is 0 Å². The van der Waals surface area contributed by atoms with Crippen LogP contribution in [0.25, 0.3) is 0 Å². The van der Waals surface area contributed by atoms with Crippen LogP contribution in [0.5, 0.6) is 0 Å². The first kappa shape index (κ1) is 12.4. The number of hydrogen-bond donors (Lipinski definition) is 1. The smallest absolute Gasteiger partial charge is 0.0367 e. The second-order valence-corrected chi connectivity index (χ2v) is 4.63. The fourth-order valence-corrected chi connectivity index (χ4v) is 2.36. The molecule has 0 aliphatic carbocycles. The van der Waals surface area contributed by atoms with Gasteiger partial charge < -0.3 is 15.5 Å². The Balaban J connectivity index is 1.94. The van der Waals surface area contributed by atoms with E-state index in [0.717, 1.165) is 26.1 Å². The van der Waals surface area contributed by atoms with E-state index in [2.05, 4.69) is 41.0 Å². The molecule has 0 bridgehead atoms.